The fourth-order valence-corrected chi connectivity index (χ4v) is 3.99. The molecule has 3 aromatic carbocycles. The van der Waals surface area contributed by atoms with Gasteiger partial charge in [-0.15, -0.1) is 0 Å². The molecular formula is C34H37N3O5. The zero-order chi connectivity index (χ0) is 30.2. The van der Waals surface area contributed by atoms with Crippen molar-refractivity contribution in [2.75, 3.05) is 18.5 Å². The number of hydrogen-bond acceptors (Lipinski definition) is 6. The number of allylic oxidation sites excluding steroid dienone is 2. The number of anilines is 2. The molecule has 0 aliphatic heterocycles. The summed E-state index contributed by atoms with van der Waals surface area (Å²) in [5.41, 5.74) is 5.88. The Morgan fingerprint density at radius 2 is 1.76 bits per heavy atom. The number of hydrogen-bond donors (Lipinski definition) is 3. The van der Waals surface area contributed by atoms with Gasteiger partial charge in [-0.25, -0.2) is 4.98 Å². The van der Waals surface area contributed by atoms with Crippen molar-refractivity contribution in [3.8, 4) is 17.2 Å². The first-order valence-electron chi connectivity index (χ1n) is 13.7. The molecule has 4 rings (SSSR count). The van der Waals surface area contributed by atoms with Crippen LogP contribution >= 0.6 is 0 Å². The number of nitrogens with zero attached hydrogens (tertiary/aromatic N) is 1. The number of carboxylic acids is 1. The maximum atomic E-state index is 10.8. The van der Waals surface area contributed by atoms with E-state index >= 15 is 0 Å². The van der Waals surface area contributed by atoms with Crippen molar-refractivity contribution in [2.45, 2.75) is 33.1 Å². The number of carbonyl (C=O) groups is 2. The van der Waals surface area contributed by atoms with Gasteiger partial charge in [0.25, 0.3) is 0 Å². The summed E-state index contributed by atoms with van der Waals surface area (Å²) in [6.45, 7) is 8.39. The maximum absolute atomic E-state index is 10.8. The van der Waals surface area contributed by atoms with Gasteiger partial charge in [0.15, 0.2) is 0 Å². The predicted molar refractivity (Wildman–Crippen MR) is 166 cm³/mol. The molecular weight excluding hydrogens is 530 g/mol. The molecule has 42 heavy (non-hydrogen) atoms. The van der Waals surface area contributed by atoms with Gasteiger partial charge < -0.3 is 24.9 Å². The Morgan fingerprint density at radius 1 is 1.02 bits per heavy atom. The quantitative estimate of drug-likeness (QED) is 0.0871. The normalized spacial score (nSPS) is 10.4. The minimum Gasteiger partial charge on any atom is -0.493 e. The fraction of sp³-hybridized carbons (Fsp3) is 0.206. The minimum atomic E-state index is -0.790. The number of carbonyl (C=O) groups excluding carboxylic acids is 1. The van der Waals surface area contributed by atoms with Gasteiger partial charge in [0.05, 0.1) is 12.3 Å². The van der Waals surface area contributed by atoms with Crippen LogP contribution in [-0.2, 0) is 22.4 Å². The third kappa shape index (κ3) is 10.5. The number of nitrogens with one attached hydrogen (secondary N) is 2. The van der Waals surface area contributed by atoms with Gasteiger partial charge in [0, 0.05) is 36.3 Å². The fourth-order valence-electron chi connectivity index (χ4n) is 3.99. The molecule has 0 radical (unpaired) electrons. The molecule has 1 heterocycles. The van der Waals surface area contributed by atoms with Gasteiger partial charge in [0.1, 0.15) is 11.5 Å². The van der Waals surface area contributed by atoms with Gasteiger partial charge >= 0.3 is 5.97 Å². The highest BCUT2D eigenvalue weighted by atomic mass is 16.5. The Kier molecular flexibility index (Phi) is 12.6. The molecule has 218 valence electrons. The number of aromatic nitrogens is 1. The average Bonchev–Trinajstić information content (AvgIpc) is 3.36. The van der Waals surface area contributed by atoms with Crippen LogP contribution in [0.2, 0.25) is 0 Å². The number of benzene rings is 3. The molecule has 0 saturated heterocycles. The van der Waals surface area contributed by atoms with E-state index in [9.17, 15) is 9.59 Å². The second-order valence-corrected chi connectivity index (χ2v) is 9.36. The molecule has 0 atom stereocenters. The highest BCUT2D eigenvalue weighted by Crippen LogP contribution is 2.25. The van der Waals surface area contributed by atoms with Crippen molar-refractivity contribution >= 4 is 23.8 Å². The molecule has 0 bridgehead atoms. The number of amides is 1. The van der Waals surface area contributed by atoms with E-state index in [0.717, 1.165) is 45.3 Å². The van der Waals surface area contributed by atoms with Crippen molar-refractivity contribution in [2.24, 2.45) is 0 Å². The number of ether oxygens (including phenoxy) is 1. The second kappa shape index (κ2) is 16.9. The number of carboxylic acid groups (broad SMARTS) is 1. The van der Waals surface area contributed by atoms with E-state index in [2.05, 4.69) is 22.2 Å². The van der Waals surface area contributed by atoms with Crippen molar-refractivity contribution in [3.05, 3.63) is 120 Å². The molecule has 1 amide bonds. The molecule has 0 unspecified atom stereocenters. The highest BCUT2D eigenvalue weighted by Gasteiger charge is 2.12. The summed E-state index contributed by atoms with van der Waals surface area (Å²) < 4.78 is 11.8. The molecule has 8 nitrogen and oxygen atoms in total. The number of para-hydroxylation sites is 1. The summed E-state index contributed by atoms with van der Waals surface area (Å²) in [6.07, 6.45) is 7.17. The predicted octanol–water partition coefficient (Wildman–Crippen LogP) is 6.82. The molecule has 1 aromatic heterocycles. The topological polar surface area (TPSA) is 114 Å². The molecule has 4 aromatic rings. The standard InChI is InChI=1S/C28H28N2O4.C6H9NO/c1-19-18-25(14-10-21(19)11-15-27(31)32)33-17-16-26-20(2)34-28(30-26)22-8-12-24(13-9-22)29-23-6-4-3-5-7-23;1-2-3-4-5-7-6-8/h3-10,12-14,18,29H,11,15-17H2,1-2H3,(H,31,32);2-4,6H,1,5H2,(H,7,8)/b;4-3+. The first-order valence-corrected chi connectivity index (χ1v) is 13.7. The Bertz CT molecular complexity index is 1460. The minimum absolute atomic E-state index is 0.126. The molecule has 0 spiro atoms. The van der Waals surface area contributed by atoms with Crippen molar-refractivity contribution in [3.63, 3.8) is 0 Å². The lowest BCUT2D eigenvalue weighted by Gasteiger charge is -2.09. The molecule has 3 N–H and O–H groups in total. The van der Waals surface area contributed by atoms with E-state index in [1.54, 1.807) is 18.2 Å². The van der Waals surface area contributed by atoms with Gasteiger partial charge in [-0.1, -0.05) is 49.1 Å². The van der Waals surface area contributed by atoms with Crippen molar-refractivity contribution in [1.82, 2.24) is 10.3 Å². The van der Waals surface area contributed by atoms with E-state index < -0.39 is 5.97 Å². The number of aliphatic carboxylic acids is 1. The van der Waals surface area contributed by atoms with Gasteiger partial charge in [-0.2, -0.15) is 0 Å². The number of aryl methyl sites for hydroxylation is 3. The van der Waals surface area contributed by atoms with Crippen LogP contribution in [0.5, 0.6) is 5.75 Å². The summed E-state index contributed by atoms with van der Waals surface area (Å²) in [6, 6.07) is 23.8. The SMILES string of the molecule is C=C/C=C/CNC=O.Cc1cc(OCCc2nc(-c3ccc(Nc4ccccc4)cc3)oc2C)ccc1CCC(=O)O. The third-order valence-corrected chi connectivity index (χ3v) is 6.21. The summed E-state index contributed by atoms with van der Waals surface area (Å²) >= 11 is 0. The Morgan fingerprint density at radius 3 is 2.43 bits per heavy atom. The third-order valence-electron chi connectivity index (χ3n) is 6.21. The first kappa shape index (κ1) is 31.4. The van der Waals surface area contributed by atoms with E-state index in [1.807, 2.05) is 86.6 Å². The van der Waals surface area contributed by atoms with E-state index in [1.165, 1.54) is 0 Å². The lowest BCUT2D eigenvalue weighted by Crippen LogP contribution is -2.08. The molecule has 0 aliphatic rings. The van der Waals surface area contributed by atoms with Crippen LogP contribution in [0.1, 0.15) is 29.0 Å². The van der Waals surface area contributed by atoms with Crippen LogP contribution in [0.4, 0.5) is 11.4 Å². The maximum Gasteiger partial charge on any atom is 0.303 e. The van der Waals surface area contributed by atoms with Crippen LogP contribution in [0.3, 0.4) is 0 Å². The Balaban J connectivity index is 0.000000531. The highest BCUT2D eigenvalue weighted by molar-refractivity contribution is 5.67. The summed E-state index contributed by atoms with van der Waals surface area (Å²) in [4.78, 5) is 25.1. The van der Waals surface area contributed by atoms with E-state index in [-0.39, 0.29) is 6.42 Å². The average molecular weight is 568 g/mol. The van der Waals surface area contributed by atoms with Crippen LogP contribution in [0, 0.1) is 13.8 Å². The molecule has 0 aliphatic carbocycles. The lowest BCUT2D eigenvalue weighted by atomic mass is 10.0. The monoisotopic (exact) mass is 567 g/mol. The number of rotatable bonds is 14. The zero-order valence-electron chi connectivity index (χ0n) is 24.0. The van der Waals surface area contributed by atoms with Crippen molar-refractivity contribution < 1.29 is 23.8 Å². The van der Waals surface area contributed by atoms with Crippen LogP contribution in [-0.4, -0.2) is 35.6 Å². The van der Waals surface area contributed by atoms with Gasteiger partial charge in [-0.05, 0) is 79.9 Å². The van der Waals surface area contributed by atoms with Crippen LogP contribution in [0.15, 0.2) is 102 Å². The van der Waals surface area contributed by atoms with Crippen LogP contribution < -0.4 is 15.4 Å². The van der Waals surface area contributed by atoms with Gasteiger partial charge in [0.2, 0.25) is 12.3 Å². The van der Waals surface area contributed by atoms with Crippen LogP contribution in [0.25, 0.3) is 11.5 Å². The second-order valence-electron chi connectivity index (χ2n) is 9.36. The van der Waals surface area contributed by atoms with Crippen molar-refractivity contribution in [1.29, 1.82) is 0 Å². The Labute approximate surface area is 246 Å². The lowest BCUT2D eigenvalue weighted by molar-refractivity contribution is -0.137. The first-order chi connectivity index (χ1) is 20.4. The molecule has 8 heteroatoms. The zero-order valence-corrected chi connectivity index (χ0v) is 24.0. The molecule has 0 saturated carbocycles. The van der Waals surface area contributed by atoms with E-state index in [0.29, 0.717) is 38.3 Å². The summed E-state index contributed by atoms with van der Waals surface area (Å²) in [5, 5.41) is 14.7. The smallest absolute Gasteiger partial charge is 0.303 e. The number of oxazole rings is 1. The van der Waals surface area contributed by atoms with E-state index in [4.69, 9.17) is 14.3 Å². The largest absolute Gasteiger partial charge is 0.493 e. The van der Waals surface area contributed by atoms with Gasteiger partial charge in [-0.3, -0.25) is 9.59 Å². The molecule has 0 fully saturated rings. The Hall–Kier alpha value is -5.11. The summed E-state index contributed by atoms with van der Waals surface area (Å²) in [5.74, 6) is 1.35. The summed E-state index contributed by atoms with van der Waals surface area (Å²) in [7, 11) is 0.